The van der Waals surface area contributed by atoms with Gasteiger partial charge in [0.05, 0.1) is 0 Å². The van der Waals surface area contributed by atoms with Gasteiger partial charge < -0.3 is 29.7 Å². The molecule has 0 aromatic carbocycles. The van der Waals surface area contributed by atoms with Gasteiger partial charge in [0.25, 0.3) is 0 Å². The van der Waals surface area contributed by atoms with Gasteiger partial charge in [-0.3, -0.25) is 0 Å². The van der Waals surface area contributed by atoms with Crippen LogP contribution in [0.25, 0.3) is 0 Å². The molecular weight excluding hydrogens is 259 g/mol. The molecule has 15 heavy (non-hydrogen) atoms. The Morgan fingerprint density at radius 3 is 0.400 bits per heavy atom. The van der Waals surface area contributed by atoms with Gasteiger partial charge >= 0.3 is 26.2 Å². The van der Waals surface area contributed by atoms with Crippen molar-refractivity contribution in [2.75, 3.05) is 0 Å². The molecule has 0 aromatic rings. The molecule has 1 heteroatoms. The van der Waals surface area contributed by atoms with Crippen molar-refractivity contribution in [1.29, 1.82) is 0 Å². The summed E-state index contributed by atoms with van der Waals surface area (Å²) >= 11 is 0. The summed E-state index contributed by atoms with van der Waals surface area (Å²) < 4.78 is 0. The smallest absolute Gasteiger partial charge is 0.358 e. The molecule has 0 atom stereocenters. The predicted octanol–water partition coefficient (Wildman–Crippen LogP) is 5.70. The second-order valence-corrected chi connectivity index (χ2v) is 3.54. The van der Waals surface area contributed by atoms with E-state index in [-0.39, 0.29) is 55.9 Å². The van der Waals surface area contributed by atoms with E-state index in [2.05, 4.69) is 0 Å². The maximum absolute atomic E-state index is 1.50. The van der Waals surface area contributed by atoms with E-state index >= 15 is 0 Å². The molecule has 0 radical (unpaired) electrons. The molecule has 2 saturated carbocycles. The fourth-order valence-electron chi connectivity index (χ4n) is 1.77. The van der Waals surface area contributed by atoms with Crippen LogP contribution in [0, 0.1) is 29.7 Å². The average molecular weight is 292 g/mol. The fraction of sp³-hybridized carbons (Fsp3) is 0.714. The summed E-state index contributed by atoms with van der Waals surface area (Å²) in [7, 11) is 0. The molecule has 2 rings (SSSR count). The third-order valence-electron chi connectivity index (χ3n) is 2.50. The van der Waals surface area contributed by atoms with Gasteiger partial charge in [-0.15, -0.1) is 0 Å². The molecule has 0 bridgehead atoms. The van der Waals surface area contributed by atoms with Crippen molar-refractivity contribution in [3.05, 3.63) is 29.7 Å². The van der Waals surface area contributed by atoms with Gasteiger partial charge in [-0.1, -0.05) is 64.2 Å². The number of hydrogen-bond donors (Lipinski definition) is 0. The van der Waals surface area contributed by atoms with E-state index in [1.807, 2.05) is 0 Å². The first kappa shape index (κ1) is 29.7. The van der Waals surface area contributed by atoms with E-state index in [0.717, 1.165) is 0 Å². The average Bonchev–Trinajstić information content (AvgIpc) is 2.67. The molecule has 0 heterocycles. The summed E-state index contributed by atoms with van der Waals surface area (Å²) in [6.07, 6.45) is 15.0. The maximum Gasteiger partial charge on any atom is 4.00 e. The molecule has 0 spiro atoms. The third kappa shape index (κ3) is 20.9. The molecule has 0 N–H and O–H groups in total. The van der Waals surface area contributed by atoms with Gasteiger partial charge in [0.2, 0.25) is 0 Å². The minimum absolute atomic E-state index is 0. The van der Waals surface area contributed by atoms with Crippen LogP contribution in [-0.2, 0) is 26.2 Å². The first-order valence-electron chi connectivity index (χ1n) is 5.00. The molecule has 2 aliphatic rings. The minimum atomic E-state index is 0. The van der Waals surface area contributed by atoms with Gasteiger partial charge in [-0.05, 0) is 0 Å². The van der Waals surface area contributed by atoms with Gasteiger partial charge in [0, 0.05) is 0 Å². The quantitative estimate of drug-likeness (QED) is 0.502. The van der Waals surface area contributed by atoms with E-state index < -0.39 is 0 Å². The van der Waals surface area contributed by atoms with Crippen molar-refractivity contribution in [3.8, 4) is 0 Å². The Kier molecular flexibility index (Phi) is 48.0. The topological polar surface area (TPSA) is 0 Å². The maximum atomic E-state index is 1.50. The third-order valence-corrected chi connectivity index (χ3v) is 2.50. The van der Waals surface area contributed by atoms with Crippen molar-refractivity contribution in [2.24, 2.45) is 0 Å². The van der Waals surface area contributed by atoms with E-state index in [0.29, 0.717) is 0 Å². The fourth-order valence-corrected chi connectivity index (χ4v) is 1.77. The van der Waals surface area contributed by atoms with Crippen LogP contribution in [0.1, 0.15) is 64.2 Å². The largest absolute Gasteiger partial charge is 4.00 e. The Morgan fingerprint density at radius 2 is 0.333 bits per heavy atom. The predicted molar refractivity (Wildman–Crippen MR) is 71.8 cm³/mol. The minimum Gasteiger partial charge on any atom is -0.358 e. The monoisotopic (exact) mass is 290 g/mol. The molecule has 2 aliphatic carbocycles. The van der Waals surface area contributed by atoms with Crippen molar-refractivity contribution < 1.29 is 26.2 Å². The number of hydrogen-bond acceptors (Lipinski definition) is 0. The Labute approximate surface area is 120 Å². The van der Waals surface area contributed by atoms with Crippen molar-refractivity contribution >= 4 is 0 Å². The van der Waals surface area contributed by atoms with Gasteiger partial charge in [0.1, 0.15) is 0 Å². The van der Waals surface area contributed by atoms with Crippen LogP contribution in [0.5, 0.6) is 0 Å². The molecular formula is C14H32Zr. The van der Waals surface area contributed by atoms with Crippen LogP contribution >= 0.6 is 0 Å². The van der Waals surface area contributed by atoms with Crippen LogP contribution in [0.15, 0.2) is 0 Å². The molecule has 92 valence electrons. The zero-order valence-corrected chi connectivity index (χ0v) is 14.0. The van der Waals surface area contributed by atoms with E-state index in [1.54, 1.807) is 0 Å². The molecule has 0 nitrogen and oxygen atoms in total. The molecule has 2 fully saturated rings. The zero-order chi connectivity index (χ0) is 7.07. The normalized spacial score (nSPS) is 16.0. The second-order valence-electron chi connectivity index (χ2n) is 3.54. The molecule has 0 unspecified atom stereocenters. The van der Waals surface area contributed by atoms with E-state index in [4.69, 9.17) is 0 Å². The Hall–Kier alpha value is 0.883. The number of rotatable bonds is 0. The molecule has 0 amide bonds. The molecule has 0 aromatic heterocycles. The van der Waals surface area contributed by atoms with Crippen LogP contribution < -0.4 is 0 Å². The van der Waals surface area contributed by atoms with Gasteiger partial charge in [-0.2, -0.15) is 0 Å². The zero-order valence-electron chi connectivity index (χ0n) is 11.6. The Bertz CT molecular complexity index is 38.5. The molecule has 0 aliphatic heterocycles. The summed E-state index contributed by atoms with van der Waals surface area (Å²) in [5.41, 5.74) is 0. The summed E-state index contributed by atoms with van der Waals surface area (Å²) in [5.74, 6) is 0. The van der Waals surface area contributed by atoms with Gasteiger partial charge in [-0.25, -0.2) is 0 Å². The summed E-state index contributed by atoms with van der Waals surface area (Å²) in [6, 6.07) is 0. The van der Waals surface area contributed by atoms with Crippen molar-refractivity contribution in [3.63, 3.8) is 0 Å². The first-order valence-corrected chi connectivity index (χ1v) is 5.00. The van der Waals surface area contributed by atoms with Crippen LogP contribution in [0.4, 0.5) is 0 Å². The SMILES string of the molecule is C1CCCC1.C1CCCC1.[CH3-].[CH3-].[CH3-].[CH3-].[Zr+4]. The summed E-state index contributed by atoms with van der Waals surface area (Å²) in [5, 5.41) is 0. The van der Waals surface area contributed by atoms with Crippen LogP contribution in [0.3, 0.4) is 0 Å². The first-order chi connectivity index (χ1) is 5.00. The molecule has 0 saturated heterocycles. The van der Waals surface area contributed by atoms with Crippen molar-refractivity contribution in [2.45, 2.75) is 64.2 Å². The van der Waals surface area contributed by atoms with Crippen LogP contribution in [0.2, 0.25) is 0 Å². The second kappa shape index (κ2) is 24.2. The summed E-state index contributed by atoms with van der Waals surface area (Å²) in [4.78, 5) is 0. The van der Waals surface area contributed by atoms with Crippen molar-refractivity contribution in [1.82, 2.24) is 0 Å². The van der Waals surface area contributed by atoms with Crippen LogP contribution in [-0.4, -0.2) is 0 Å². The standard InChI is InChI=1S/2C5H10.4CH3.Zr/c2*1-2-4-5-3-1;;;;;/h2*1-5H2;4*1H3;/q;;4*-1;+4. The van der Waals surface area contributed by atoms with E-state index in [9.17, 15) is 0 Å². The summed E-state index contributed by atoms with van der Waals surface area (Å²) in [6.45, 7) is 0. The van der Waals surface area contributed by atoms with Gasteiger partial charge in [0.15, 0.2) is 0 Å². The van der Waals surface area contributed by atoms with E-state index in [1.165, 1.54) is 64.2 Å². The Morgan fingerprint density at radius 1 is 0.267 bits per heavy atom. The Balaban J connectivity index is -0.0000000333.